The lowest BCUT2D eigenvalue weighted by Gasteiger charge is -2.06. The highest BCUT2D eigenvalue weighted by atomic mass is 127. The van der Waals surface area contributed by atoms with Crippen molar-refractivity contribution >= 4 is 35.6 Å². The third-order valence-electron chi connectivity index (χ3n) is 2.57. The number of nitrogens with two attached hydrogens (primary N) is 1. The summed E-state index contributed by atoms with van der Waals surface area (Å²) in [5, 5.41) is 2.62. The molecule has 1 aromatic carbocycles. The number of nitrogens with zero attached hydrogens (tertiary/aromatic N) is 1. The maximum atomic E-state index is 13.2. The van der Waals surface area contributed by atoms with Crippen molar-refractivity contribution in [1.82, 2.24) is 0 Å². The summed E-state index contributed by atoms with van der Waals surface area (Å²) in [7, 11) is 0. The topological polar surface area (TPSA) is 50.4 Å². The number of halogens is 3. The van der Waals surface area contributed by atoms with Crippen LogP contribution in [0.25, 0.3) is 0 Å². The Bertz CT molecular complexity index is 437. The van der Waals surface area contributed by atoms with Crippen LogP contribution < -0.4 is 11.1 Å². The molecule has 17 heavy (non-hydrogen) atoms. The second-order valence-corrected chi connectivity index (χ2v) is 4.04. The minimum absolute atomic E-state index is 0. The van der Waals surface area contributed by atoms with Crippen LogP contribution >= 0.6 is 24.0 Å². The second kappa shape index (κ2) is 5.61. The van der Waals surface area contributed by atoms with E-state index < -0.39 is 11.6 Å². The summed E-state index contributed by atoms with van der Waals surface area (Å²) in [5.41, 5.74) is 5.73. The molecular weight excluding hydrogens is 339 g/mol. The van der Waals surface area contributed by atoms with Gasteiger partial charge >= 0.3 is 0 Å². The molecule has 2 unspecified atom stereocenters. The maximum absolute atomic E-state index is 13.2. The minimum Gasteiger partial charge on any atom is -0.370 e. The van der Waals surface area contributed by atoms with Crippen molar-refractivity contribution in [1.29, 1.82) is 0 Å². The first-order chi connectivity index (χ1) is 7.56. The predicted octanol–water partition coefficient (Wildman–Crippen LogP) is 2.72. The standard InChI is InChI=1S/C11H13F2N3.HI/c1-6-4-10(6)16-11(14)15-9-3-2-7(12)5-8(9)13;/h2-3,5-6,10H,4H2,1H3,(H3,14,15,16);1H. The smallest absolute Gasteiger partial charge is 0.193 e. The normalized spacial score (nSPS) is 22.9. The van der Waals surface area contributed by atoms with Gasteiger partial charge in [0, 0.05) is 6.07 Å². The average Bonchev–Trinajstić information content (AvgIpc) is 2.86. The fourth-order valence-corrected chi connectivity index (χ4v) is 1.42. The van der Waals surface area contributed by atoms with E-state index >= 15 is 0 Å². The number of hydrogen-bond donors (Lipinski definition) is 2. The lowest BCUT2D eigenvalue weighted by atomic mass is 10.3. The van der Waals surface area contributed by atoms with Crippen LogP contribution in [0.15, 0.2) is 23.2 Å². The molecule has 0 radical (unpaired) electrons. The van der Waals surface area contributed by atoms with E-state index in [1.54, 1.807) is 0 Å². The lowest BCUT2D eigenvalue weighted by Crippen LogP contribution is -2.23. The summed E-state index contributed by atoms with van der Waals surface area (Å²) in [6, 6.07) is 3.49. The van der Waals surface area contributed by atoms with Gasteiger partial charge in [-0.15, -0.1) is 24.0 Å². The first-order valence-electron chi connectivity index (χ1n) is 5.11. The average molecular weight is 353 g/mol. The van der Waals surface area contributed by atoms with E-state index in [0.717, 1.165) is 12.5 Å². The monoisotopic (exact) mass is 353 g/mol. The summed E-state index contributed by atoms with van der Waals surface area (Å²) in [5.74, 6) is -0.588. The van der Waals surface area contributed by atoms with Crippen LogP contribution in [-0.4, -0.2) is 12.0 Å². The molecule has 0 aliphatic heterocycles. The van der Waals surface area contributed by atoms with Crippen LogP contribution in [0.3, 0.4) is 0 Å². The SMILES string of the molecule is CC1CC1N=C(N)Nc1ccc(F)cc1F.I. The largest absolute Gasteiger partial charge is 0.370 e. The van der Waals surface area contributed by atoms with E-state index in [9.17, 15) is 8.78 Å². The number of rotatable bonds is 2. The van der Waals surface area contributed by atoms with Gasteiger partial charge in [0.2, 0.25) is 0 Å². The van der Waals surface area contributed by atoms with Crippen molar-refractivity contribution in [3.05, 3.63) is 29.8 Å². The minimum atomic E-state index is -0.679. The molecule has 94 valence electrons. The molecule has 0 spiro atoms. The van der Waals surface area contributed by atoms with Crippen LogP contribution in [0.5, 0.6) is 0 Å². The van der Waals surface area contributed by atoms with Crippen molar-refractivity contribution in [2.24, 2.45) is 16.6 Å². The van der Waals surface area contributed by atoms with Gasteiger partial charge in [0.05, 0.1) is 11.7 Å². The van der Waals surface area contributed by atoms with Gasteiger partial charge in [0.1, 0.15) is 11.6 Å². The highest BCUT2D eigenvalue weighted by molar-refractivity contribution is 14.0. The molecule has 0 aromatic heterocycles. The van der Waals surface area contributed by atoms with Crippen LogP contribution in [0.2, 0.25) is 0 Å². The van der Waals surface area contributed by atoms with E-state index in [1.807, 2.05) is 0 Å². The molecule has 2 atom stereocenters. The number of hydrogen-bond acceptors (Lipinski definition) is 1. The van der Waals surface area contributed by atoms with Gasteiger partial charge in [0.25, 0.3) is 0 Å². The molecular formula is C11H14F2IN3. The van der Waals surface area contributed by atoms with Crippen LogP contribution in [-0.2, 0) is 0 Å². The molecule has 0 heterocycles. The zero-order valence-electron chi connectivity index (χ0n) is 9.28. The molecule has 3 nitrogen and oxygen atoms in total. The Morgan fingerprint density at radius 2 is 2.12 bits per heavy atom. The van der Waals surface area contributed by atoms with E-state index in [1.165, 1.54) is 12.1 Å². The third-order valence-corrected chi connectivity index (χ3v) is 2.57. The van der Waals surface area contributed by atoms with Gasteiger partial charge in [-0.3, -0.25) is 0 Å². The van der Waals surface area contributed by atoms with Gasteiger partial charge in [-0.05, 0) is 24.5 Å². The Labute approximate surface area is 116 Å². The highest BCUT2D eigenvalue weighted by Crippen LogP contribution is 2.32. The molecule has 1 aliphatic rings. The molecule has 0 bridgehead atoms. The summed E-state index contributed by atoms with van der Waals surface area (Å²) < 4.78 is 25.9. The van der Waals surface area contributed by atoms with E-state index in [0.29, 0.717) is 5.92 Å². The van der Waals surface area contributed by atoms with Gasteiger partial charge in [-0.2, -0.15) is 0 Å². The number of anilines is 1. The number of aliphatic imine (C=N–C) groups is 1. The van der Waals surface area contributed by atoms with Crippen molar-refractivity contribution in [3.8, 4) is 0 Å². The van der Waals surface area contributed by atoms with Crippen LogP contribution in [0.4, 0.5) is 14.5 Å². The van der Waals surface area contributed by atoms with Crippen molar-refractivity contribution < 1.29 is 8.78 Å². The fraction of sp³-hybridized carbons (Fsp3) is 0.364. The Morgan fingerprint density at radius 1 is 1.47 bits per heavy atom. The lowest BCUT2D eigenvalue weighted by molar-refractivity contribution is 0.586. The second-order valence-electron chi connectivity index (χ2n) is 4.04. The summed E-state index contributed by atoms with van der Waals surface area (Å²) in [6.07, 6.45) is 1.01. The Balaban J connectivity index is 0.00000144. The summed E-state index contributed by atoms with van der Waals surface area (Å²) >= 11 is 0. The molecule has 1 saturated carbocycles. The maximum Gasteiger partial charge on any atom is 0.193 e. The first kappa shape index (κ1) is 14.1. The van der Waals surface area contributed by atoms with E-state index in [-0.39, 0.29) is 41.7 Å². The molecule has 0 saturated heterocycles. The molecule has 0 amide bonds. The number of benzene rings is 1. The number of nitrogens with one attached hydrogen (secondary N) is 1. The van der Waals surface area contributed by atoms with Crippen molar-refractivity contribution in [3.63, 3.8) is 0 Å². The van der Waals surface area contributed by atoms with Crippen LogP contribution in [0.1, 0.15) is 13.3 Å². The van der Waals surface area contributed by atoms with Crippen molar-refractivity contribution in [2.45, 2.75) is 19.4 Å². The third kappa shape index (κ3) is 3.79. The zero-order chi connectivity index (χ0) is 11.7. The highest BCUT2D eigenvalue weighted by Gasteiger charge is 2.32. The fourth-order valence-electron chi connectivity index (χ4n) is 1.42. The Hall–Kier alpha value is -0.920. The molecule has 1 aliphatic carbocycles. The molecule has 6 heteroatoms. The summed E-state index contributed by atoms with van der Waals surface area (Å²) in [6.45, 7) is 2.07. The van der Waals surface area contributed by atoms with E-state index in [4.69, 9.17) is 5.73 Å². The summed E-state index contributed by atoms with van der Waals surface area (Å²) in [4.78, 5) is 4.15. The van der Waals surface area contributed by atoms with Gasteiger partial charge in [-0.25, -0.2) is 13.8 Å². The Morgan fingerprint density at radius 3 is 2.65 bits per heavy atom. The molecule has 1 fully saturated rings. The molecule has 2 rings (SSSR count). The van der Waals surface area contributed by atoms with Gasteiger partial charge in [0.15, 0.2) is 5.96 Å². The van der Waals surface area contributed by atoms with E-state index in [2.05, 4.69) is 17.2 Å². The van der Waals surface area contributed by atoms with Crippen molar-refractivity contribution in [2.75, 3.05) is 5.32 Å². The molecule has 1 aromatic rings. The first-order valence-corrected chi connectivity index (χ1v) is 5.11. The molecule has 3 N–H and O–H groups in total. The number of guanidine groups is 1. The predicted molar refractivity (Wildman–Crippen MR) is 74.6 cm³/mol. The zero-order valence-corrected chi connectivity index (χ0v) is 11.6. The van der Waals surface area contributed by atoms with Gasteiger partial charge < -0.3 is 11.1 Å². The van der Waals surface area contributed by atoms with Gasteiger partial charge in [-0.1, -0.05) is 6.92 Å². The quantitative estimate of drug-likeness (QED) is 0.488. The van der Waals surface area contributed by atoms with Crippen LogP contribution in [0, 0.1) is 17.6 Å². The Kier molecular flexibility index (Phi) is 4.67.